The Morgan fingerprint density at radius 3 is 1.90 bits per heavy atom. The normalized spacial score (nSPS) is 13.6. The molecule has 0 saturated carbocycles. The average Bonchev–Trinajstić information content (AvgIpc) is 3.31. The molecular weight excluding hydrogens is 552 g/mol. The van der Waals surface area contributed by atoms with Crippen molar-refractivity contribution in [3.8, 4) is 23.0 Å². The van der Waals surface area contributed by atoms with Gasteiger partial charge in [0.05, 0.1) is 38.2 Å². The van der Waals surface area contributed by atoms with E-state index in [1.807, 2.05) is 0 Å². The van der Waals surface area contributed by atoms with E-state index in [0.717, 1.165) is 11.1 Å². The van der Waals surface area contributed by atoms with Crippen LogP contribution in [0.15, 0.2) is 54.6 Å². The highest BCUT2D eigenvalue weighted by molar-refractivity contribution is 5.90. The molecule has 0 fully saturated rings. The van der Waals surface area contributed by atoms with E-state index in [4.69, 9.17) is 33.9 Å². The average molecular weight is 579 g/mol. The number of rotatable bonds is 11. The van der Waals surface area contributed by atoms with Crippen LogP contribution in [0.4, 0.5) is 0 Å². The summed E-state index contributed by atoms with van der Waals surface area (Å²) in [5.41, 5.74) is 1.90. The molecule has 2 aliphatic rings. The summed E-state index contributed by atoms with van der Waals surface area (Å²) in [5, 5.41) is 17.9. The number of carbonyl (C=O) groups excluding carboxylic acids is 2. The largest absolute Gasteiger partial charge is 0.493 e. The lowest BCUT2D eigenvalue weighted by Crippen LogP contribution is -2.32. The van der Waals surface area contributed by atoms with Crippen molar-refractivity contribution in [3.63, 3.8) is 0 Å². The quantitative estimate of drug-likeness (QED) is 0.249. The Morgan fingerprint density at radius 2 is 1.36 bits per heavy atom. The third kappa shape index (κ3) is 5.70. The standard InChI is InChI=1S/C30H26O12/c1-17(31)39-16-40-29(36)18-2-5-22-19(12-18)15-41-30(22)23-6-3-20(37-10-8-27(32)33)13-25(23)42-26-14-21(4-7-24(26)30)38-11-9-28(34)35/h2-7,12-14H,8-11,15-16H2,1H3,(H,32,33)(H,34,35). The number of ether oxygens (including phenoxy) is 6. The molecule has 0 unspecified atom stereocenters. The van der Waals surface area contributed by atoms with Gasteiger partial charge in [0.2, 0.25) is 6.79 Å². The first-order chi connectivity index (χ1) is 20.2. The van der Waals surface area contributed by atoms with Gasteiger partial charge in [0.25, 0.3) is 0 Å². The molecule has 1 spiro atoms. The molecule has 12 heteroatoms. The second-order valence-electron chi connectivity index (χ2n) is 9.43. The van der Waals surface area contributed by atoms with Gasteiger partial charge in [0.15, 0.2) is 5.60 Å². The third-order valence-electron chi connectivity index (χ3n) is 6.67. The van der Waals surface area contributed by atoms with E-state index >= 15 is 0 Å². The topological polar surface area (TPSA) is 164 Å². The van der Waals surface area contributed by atoms with Gasteiger partial charge in [-0.1, -0.05) is 6.07 Å². The number of fused-ring (bicyclic) bond motifs is 6. The van der Waals surface area contributed by atoms with Gasteiger partial charge in [-0.15, -0.1) is 0 Å². The molecule has 12 nitrogen and oxygen atoms in total. The van der Waals surface area contributed by atoms with Crippen molar-refractivity contribution < 1.29 is 57.8 Å². The highest BCUT2D eigenvalue weighted by Crippen LogP contribution is 2.57. The molecule has 0 aromatic heterocycles. The van der Waals surface area contributed by atoms with Crippen molar-refractivity contribution in [3.05, 3.63) is 82.4 Å². The summed E-state index contributed by atoms with van der Waals surface area (Å²) in [5.74, 6) is -1.63. The number of carboxylic acid groups (broad SMARTS) is 2. The Hall–Kier alpha value is -5.10. The minimum atomic E-state index is -1.14. The van der Waals surface area contributed by atoms with Crippen LogP contribution in [0.2, 0.25) is 0 Å². The molecule has 3 aromatic rings. The molecular formula is C30H26O12. The molecule has 3 aromatic carbocycles. The summed E-state index contributed by atoms with van der Waals surface area (Å²) in [6, 6.07) is 15.2. The molecule has 0 amide bonds. The van der Waals surface area contributed by atoms with Crippen LogP contribution in [0.25, 0.3) is 0 Å². The van der Waals surface area contributed by atoms with Crippen molar-refractivity contribution in [1.29, 1.82) is 0 Å². The number of benzene rings is 3. The van der Waals surface area contributed by atoms with Gasteiger partial charge in [-0.25, -0.2) is 4.79 Å². The van der Waals surface area contributed by atoms with E-state index in [2.05, 4.69) is 4.74 Å². The van der Waals surface area contributed by atoms with Crippen molar-refractivity contribution in [2.75, 3.05) is 20.0 Å². The zero-order chi connectivity index (χ0) is 29.9. The molecule has 0 bridgehead atoms. The first-order valence-electron chi connectivity index (χ1n) is 12.9. The molecule has 42 heavy (non-hydrogen) atoms. The molecule has 218 valence electrons. The van der Waals surface area contributed by atoms with Crippen LogP contribution in [0.5, 0.6) is 23.0 Å². The lowest BCUT2D eigenvalue weighted by atomic mass is 9.77. The molecule has 2 N–H and O–H groups in total. The molecule has 5 rings (SSSR count). The summed E-state index contributed by atoms with van der Waals surface area (Å²) in [6.07, 6.45) is -0.353. The van der Waals surface area contributed by atoms with E-state index in [-0.39, 0.29) is 38.2 Å². The maximum Gasteiger partial charge on any atom is 0.341 e. The molecule has 0 saturated heterocycles. The number of hydrogen-bond donors (Lipinski definition) is 2. The summed E-state index contributed by atoms with van der Waals surface area (Å²) in [6.45, 7) is 0.782. The van der Waals surface area contributed by atoms with Crippen LogP contribution in [-0.4, -0.2) is 54.1 Å². The number of carboxylic acids is 2. The molecule has 2 heterocycles. The van der Waals surface area contributed by atoms with E-state index in [1.165, 1.54) is 6.92 Å². The SMILES string of the molecule is CC(=O)OCOC(=O)c1ccc2c(c1)COC21c2ccc(OCCC(=O)O)cc2Oc2cc(OCCC(=O)O)ccc21. The number of hydrogen-bond acceptors (Lipinski definition) is 10. The van der Waals surface area contributed by atoms with Gasteiger partial charge in [0.1, 0.15) is 23.0 Å². The minimum absolute atomic E-state index is 0.0346. The first-order valence-corrected chi connectivity index (χ1v) is 12.9. The zero-order valence-corrected chi connectivity index (χ0v) is 22.4. The van der Waals surface area contributed by atoms with Gasteiger partial charge in [0, 0.05) is 30.2 Å². The van der Waals surface area contributed by atoms with Gasteiger partial charge >= 0.3 is 23.9 Å². The fraction of sp³-hybridized carbons (Fsp3) is 0.267. The van der Waals surface area contributed by atoms with Crippen molar-refractivity contribution >= 4 is 23.9 Å². The Labute approximate surface area is 239 Å². The van der Waals surface area contributed by atoms with Crippen LogP contribution in [-0.2, 0) is 40.8 Å². The maximum atomic E-state index is 12.5. The van der Waals surface area contributed by atoms with Crippen LogP contribution >= 0.6 is 0 Å². The van der Waals surface area contributed by atoms with Crippen LogP contribution in [0, 0.1) is 0 Å². The van der Waals surface area contributed by atoms with Gasteiger partial charge < -0.3 is 38.6 Å². The van der Waals surface area contributed by atoms with Gasteiger partial charge in [-0.2, -0.15) is 0 Å². The maximum absolute atomic E-state index is 12.5. The second-order valence-corrected chi connectivity index (χ2v) is 9.43. The summed E-state index contributed by atoms with van der Waals surface area (Å²) >= 11 is 0. The Kier molecular flexibility index (Phi) is 7.98. The van der Waals surface area contributed by atoms with E-state index in [1.54, 1.807) is 54.6 Å². The lowest BCUT2D eigenvalue weighted by Gasteiger charge is -2.37. The monoisotopic (exact) mass is 578 g/mol. The Morgan fingerprint density at radius 1 is 0.786 bits per heavy atom. The number of aliphatic carboxylic acids is 2. The zero-order valence-electron chi connectivity index (χ0n) is 22.4. The summed E-state index contributed by atoms with van der Waals surface area (Å²) < 4.78 is 33.7. The van der Waals surface area contributed by atoms with Crippen LogP contribution < -0.4 is 14.2 Å². The predicted octanol–water partition coefficient (Wildman–Crippen LogP) is 4.00. The second kappa shape index (κ2) is 11.8. The highest BCUT2D eigenvalue weighted by Gasteiger charge is 2.49. The first kappa shape index (κ1) is 28.4. The smallest absolute Gasteiger partial charge is 0.341 e. The molecule has 0 atom stereocenters. The van der Waals surface area contributed by atoms with E-state index in [0.29, 0.717) is 34.1 Å². The van der Waals surface area contributed by atoms with Crippen LogP contribution in [0.1, 0.15) is 52.4 Å². The Balaban J connectivity index is 1.52. The van der Waals surface area contributed by atoms with E-state index < -0.39 is 36.3 Å². The van der Waals surface area contributed by atoms with Gasteiger partial charge in [-0.3, -0.25) is 14.4 Å². The molecule has 0 radical (unpaired) electrons. The van der Waals surface area contributed by atoms with Crippen molar-refractivity contribution in [2.45, 2.75) is 32.0 Å². The predicted molar refractivity (Wildman–Crippen MR) is 142 cm³/mol. The van der Waals surface area contributed by atoms with Crippen molar-refractivity contribution in [1.82, 2.24) is 0 Å². The lowest BCUT2D eigenvalue weighted by molar-refractivity contribution is -0.149. The molecule has 2 aliphatic heterocycles. The van der Waals surface area contributed by atoms with Crippen molar-refractivity contribution in [2.24, 2.45) is 0 Å². The highest BCUT2D eigenvalue weighted by atomic mass is 16.7. The van der Waals surface area contributed by atoms with Crippen LogP contribution in [0.3, 0.4) is 0 Å². The third-order valence-corrected chi connectivity index (χ3v) is 6.67. The Bertz CT molecular complexity index is 1490. The van der Waals surface area contributed by atoms with Gasteiger partial charge in [-0.05, 0) is 47.5 Å². The summed E-state index contributed by atoms with van der Waals surface area (Å²) in [4.78, 5) is 45.4. The molecule has 0 aliphatic carbocycles. The van der Waals surface area contributed by atoms with E-state index in [9.17, 15) is 19.2 Å². The number of esters is 2. The minimum Gasteiger partial charge on any atom is -0.493 e. The fourth-order valence-electron chi connectivity index (χ4n) is 4.85. The fourth-order valence-corrected chi connectivity index (χ4v) is 4.85. The number of carbonyl (C=O) groups is 4. The summed E-state index contributed by atoms with van der Waals surface area (Å²) in [7, 11) is 0.